The normalized spacial score (nSPS) is 22.5. The highest BCUT2D eigenvalue weighted by atomic mass is 16.5. The average molecular weight is 350 g/mol. The van der Waals surface area contributed by atoms with E-state index < -0.39 is 0 Å². The lowest BCUT2D eigenvalue weighted by molar-refractivity contribution is 0.0521. The third kappa shape index (κ3) is 3.90. The van der Waals surface area contributed by atoms with Crippen LogP contribution in [0.15, 0.2) is 48.8 Å². The van der Waals surface area contributed by atoms with Crippen molar-refractivity contribution in [2.24, 2.45) is 11.8 Å². The largest absolute Gasteiger partial charge is 0.489 e. The number of hydrogen-bond donors (Lipinski definition) is 0. The molecule has 26 heavy (non-hydrogen) atoms. The number of nitrogens with zero attached hydrogens (tertiary/aromatic N) is 2. The molecule has 0 bridgehead atoms. The second-order valence-electron chi connectivity index (χ2n) is 7.52. The van der Waals surface area contributed by atoms with Crippen molar-refractivity contribution in [3.63, 3.8) is 0 Å². The molecule has 0 N–H and O–H groups in total. The van der Waals surface area contributed by atoms with Gasteiger partial charge in [0.25, 0.3) is 5.91 Å². The number of piperidine rings is 1. The van der Waals surface area contributed by atoms with E-state index >= 15 is 0 Å². The molecule has 1 aromatic carbocycles. The lowest BCUT2D eigenvalue weighted by Crippen LogP contribution is -2.44. The van der Waals surface area contributed by atoms with Crippen LogP contribution in [0.1, 0.15) is 48.0 Å². The summed E-state index contributed by atoms with van der Waals surface area (Å²) in [4.78, 5) is 19.0. The average Bonchev–Trinajstić information content (AvgIpc) is 2.72. The Balaban J connectivity index is 1.35. The smallest absolute Gasteiger partial charge is 0.253 e. The molecule has 1 amide bonds. The van der Waals surface area contributed by atoms with E-state index in [4.69, 9.17) is 4.74 Å². The van der Waals surface area contributed by atoms with E-state index in [-0.39, 0.29) is 5.91 Å². The summed E-state index contributed by atoms with van der Waals surface area (Å²) in [5, 5.41) is 0. The van der Waals surface area contributed by atoms with Crippen LogP contribution in [0.25, 0.3) is 0 Å². The van der Waals surface area contributed by atoms with Gasteiger partial charge in [0.05, 0.1) is 0 Å². The molecule has 1 saturated heterocycles. The number of rotatable bonds is 4. The number of pyridine rings is 1. The summed E-state index contributed by atoms with van der Waals surface area (Å²) in [6.45, 7) is 2.32. The van der Waals surface area contributed by atoms with Gasteiger partial charge in [0, 0.05) is 36.6 Å². The minimum Gasteiger partial charge on any atom is -0.489 e. The van der Waals surface area contributed by atoms with Gasteiger partial charge in [-0.05, 0) is 55.0 Å². The van der Waals surface area contributed by atoms with E-state index in [9.17, 15) is 4.79 Å². The Morgan fingerprint density at radius 2 is 1.88 bits per heavy atom. The Kier molecular flexibility index (Phi) is 5.19. The molecule has 4 rings (SSSR count). The van der Waals surface area contributed by atoms with Crippen molar-refractivity contribution in [3.05, 3.63) is 59.9 Å². The predicted molar refractivity (Wildman–Crippen MR) is 101 cm³/mol. The van der Waals surface area contributed by atoms with Crippen molar-refractivity contribution in [2.45, 2.75) is 38.7 Å². The third-order valence-corrected chi connectivity index (χ3v) is 5.81. The molecular formula is C22H26N2O2. The zero-order chi connectivity index (χ0) is 17.8. The van der Waals surface area contributed by atoms with Crippen LogP contribution in [-0.4, -0.2) is 28.9 Å². The van der Waals surface area contributed by atoms with Crippen molar-refractivity contribution in [1.82, 2.24) is 9.88 Å². The summed E-state index contributed by atoms with van der Waals surface area (Å²) < 4.78 is 5.78. The molecule has 4 heteroatoms. The molecule has 2 fully saturated rings. The Labute approximate surface area is 155 Å². The molecule has 0 spiro atoms. The molecule has 2 aliphatic rings. The van der Waals surface area contributed by atoms with Crippen LogP contribution >= 0.6 is 0 Å². The highest BCUT2D eigenvalue weighted by molar-refractivity contribution is 5.94. The van der Waals surface area contributed by atoms with Gasteiger partial charge in [0.2, 0.25) is 0 Å². The van der Waals surface area contributed by atoms with Gasteiger partial charge < -0.3 is 9.64 Å². The van der Waals surface area contributed by atoms with Crippen LogP contribution in [0.2, 0.25) is 0 Å². The molecule has 0 unspecified atom stereocenters. The molecule has 1 aromatic heterocycles. The first-order chi connectivity index (χ1) is 12.8. The number of aromatic nitrogens is 1. The molecule has 1 aliphatic heterocycles. The summed E-state index contributed by atoms with van der Waals surface area (Å²) in [5.74, 6) is 2.49. The van der Waals surface area contributed by atoms with Gasteiger partial charge in [-0.25, -0.2) is 0 Å². The van der Waals surface area contributed by atoms with Crippen LogP contribution in [0.4, 0.5) is 0 Å². The number of amides is 1. The summed E-state index contributed by atoms with van der Waals surface area (Å²) in [7, 11) is 0. The van der Waals surface area contributed by atoms with Gasteiger partial charge in [-0.3, -0.25) is 9.78 Å². The number of hydrogen-bond acceptors (Lipinski definition) is 3. The van der Waals surface area contributed by atoms with Crippen molar-refractivity contribution < 1.29 is 9.53 Å². The van der Waals surface area contributed by atoms with Gasteiger partial charge in [-0.15, -0.1) is 0 Å². The lowest BCUT2D eigenvalue weighted by Gasteiger charge is -2.41. The first kappa shape index (κ1) is 17.1. The Bertz CT molecular complexity index is 730. The number of benzene rings is 1. The summed E-state index contributed by atoms with van der Waals surface area (Å²) >= 11 is 0. The lowest BCUT2D eigenvalue weighted by atomic mass is 9.75. The van der Waals surface area contributed by atoms with Gasteiger partial charge in [0.1, 0.15) is 12.4 Å². The molecule has 4 nitrogen and oxygen atoms in total. The Hall–Kier alpha value is -2.36. The fourth-order valence-electron chi connectivity index (χ4n) is 4.31. The molecular weight excluding hydrogens is 324 g/mol. The monoisotopic (exact) mass is 350 g/mol. The number of carbonyl (C=O) groups excluding carboxylic acids is 1. The Morgan fingerprint density at radius 1 is 1.08 bits per heavy atom. The van der Waals surface area contributed by atoms with Crippen molar-refractivity contribution >= 4 is 5.91 Å². The van der Waals surface area contributed by atoms with Crippen LogP contribution in [0.3, 0.4) is 0 Å². The van der Waals surface area contributed by atoms with E-state index in [1.807, 2.05) is 36.4 Å². The molecule has 2 heterocycles. The van der Waals surface area contributed by atoms with E-state index in [1.54, 1.807) is 12.4 Å². The van der Waals surface area contributed by atoms with Crippen molar-refractivity contribution in [3.8, 4) is 5.75 Å². The van der Waals surface area contributed by atoms with Crippen LogP contribution < -0.4 is 4.74 Å². The molecule has 0 radical (unpaired) electrons. The zero-order valence-corrected chi connectivity index (χ0v) is 15.1. The topological polar surface area (TPSA) is 42.4 Å². The molecule has 1 aliphatic carbocycles. The minimum absolute atomic E-state index is 0.160. The zero-order valence-electron chi connectivity index (χ0n) is 15.1. The minimum atomic E-state index is 0.160. The van der Waals surface area contributed by atoms with Gasteiger partial charge in [0.15, 0.2) is 0 Å². The van der Waals surface area contributed by atoms with Crippen LogP contribution in [-0.2, 0) is 6.61 Å². The molecule has 2 atom stereocenters. The fourth-order valence-corrected chi connectivity index (χ4v) is 4.31. The maximum Gasteiger partial charge on any atom is 0.253 e. The third-order valence-electron chi connectivity index (χ3n) is 5.81. The fraction of sp³-hybridized carbons (Fsp3) is 0.455. The van der Waals surface area contributed by atoms with E-state index in [2.05, 4.69) is 9.88 Å². The first-order valence-electron chi connectivity index (χ1n) is 9.70. The van der Waals surface area contributed by atoms with Crippen molar-refractivity contribution in [1.29, 1.82) is 0 Å². The number of carbonyl (C=O) groups is 1. The second kappa shape index (κ2) is 7.90. The van der Waals surface area contributed by atoms with E-state index in [1.165, 1.54) is 32.1 Å². The predicted octanol–water partition coefficient (Wildman–Crippen LogP) is 4.31. The van der Waals surface area contributed by atoms with E-state index in [0.29, 0.717) is 12.5 Å². The maximum absolute atomic E-state index is 12.8. The summed E-state index contributed by atoms with van der Waals surface area (Å²) in [6.07, 6.45) is 10.1. The molecule has 2 aromatic rings. The highest BCUT2D eigenvalue weighted by Crippen LogP contribution is 2.36. The van der Waals surface area contributed by atoms with Gasteiger partial charge in [-0.1, -0.05) is 25.3 Å². The standard InChI is InChI=1S/C22H26N2O2/c25-22(24-13-11-18-5-1-2-6-20(18)15-24)19-7-9-21(10-8-19)26-16-17-4-3-12-23-14-17/h3-4,7-10,12,14,18,20H,1-2,5-6,11,13,15-16H2/t18-,20-/m0/s1. The van der Waals surface area contributed by atoms with Crippen LogP contribution in [0, 0.1) is 11.8 Å². The van der Waals surface area contributed by atoms with Gasteiger partial charge in [-0.2, -0.15) is 0 Å². The SMILES string of the molecule is O=C(c1ccc(OCc2cccnc2)cc1)N1CC[C@@H]2CCCC[C@H]2C1. The summed E-state index contributed by atoms with van der Waals surface area (Å²) in [5.41, 5.74) is 1.79. The quantitative estimate of drug-likeness (QED) is 0.825. The maximum atomic E-state index is 12.8. The Morgan fingerprint density at radius 3 is 2.65 bits per heavy atom. The molecule has 1 saturated carbocycles. The number of fused-ring (bicyclic) bond motifs is 1. The van der Waals surface area contributed by atoms with Crippen LogP contribution in [0.5, 0.6) is 5.75 Å². The highest BCUT2D eigenvalue weighted by Gasteiger charge is 2.33. The number of ether oxygens (including phenoxy) is 1. The van der Waals surface area contributed by atoms with Crippen molar-refractivity contribution in [2.75, 3.05) is 13.1 Å². The van der Waals surface area contributed by atoms with E-state index in [0.717, 1.165) is 35.9 Å². The summed E-state index contributed by atoms with van der Waals surface area (Å²) in [6, 6.07) is 11.4. The van der Waals surface area contributed by atoms with Gasteiger partial charge >= 0.3 is 0 Å². The number of likely N-dealkylation sites (tertiary alicyclic amines) is 1. The second-order valence-corrected chi connectivity index (χ2v) is 7.52. The first-order valence-corrected chi connectivity index (χ1v) is 9.70. The molecule has 136 valence electrons.